The highest BCUT2D eigenvalue weighted by molar-refractivity contribution is 9.10. The van der Waals surface area contributed by atoms with Gasteiger partial charge in [0, 0.05) is 0 Å². The fraction of sp³-hybridized carbons (Fsp3) is 0.400. The average Bonchev–Trinajstić information content (AvgIpc) is 2.53. The fourth-order valence-corrected chi connectivity index (χ4v) is 1.53. The van der Waals surface area contributed by atoms with Crippen molar-refractivity contribution in [3.8, 4) is 0 Å². The second-order valence-electron chi connectivity index (χ2n) is 3.36. The zero-order valence-corrected chi connectivity index (χ0v) is 9.80. The van der Waals surface area contributed by atoms with Crippen molar-refractivity contribution in [2.45, 2.75) is 25.8 Å². The van der Waals surface area contributed by atoms with Crippen LogP contribution in [0.4, 0.5) is 0 Å². The van der Waals surface area contributed by atoms with Crippen LogP contribution in [0.3, 0.4) is 0 Å². The lowest BCUT2D eigenvalue weighted by atomic mass is 10.1. The van der Waals surface area contributed by atoms with E-state index in [1.165, 1.54) is 0 Å². The number of hydrazine groups is 1. The van der Waals surface area contributed by atoms with Crippen molar-refractivity contribution in [2.24, 2.45) is 5.84 Å². The van der Waals surface area contributed by atoms with E-state index in [1.54, 1.807) is 0 Å². The molecular weight excluding hydrogens is 244 g/mol. The molecule has 78 valence electrons. The summed E-state index contributed by atoms with van der Waals surface area (Å²) in [5.41, 5.74) is 3.88. The Morgan fingerprint density at radius 2 is 2.43 bits per heavy atom. The number of furan rings is 1. The molecule has 0 aliphatic heterocycles. The van der Waals surface area contributed by atoms with Gasteiger partial charge in [0.2, 0.25) is 0 Å². The largest absolute Gasteiger partial charge is 0.453 e. The molecule has 0 aliphatic rings. The van der Waals surface area contributed by atoms with Crippen LogP contribution in [0.25, 0.3) is 0 Å². The molecule has 1 atom stereocenters. The number of nitrogens with two attached hydrogens (primary N) is 1. The lowest BCUT2D eigenvalue weighted by molar-refractivity contribution is 0.391. The molecule has 0 spiro atoms. The highest BCUT2D eigenvalue weighted by Gasteiger charge is 2.13. The highest BCUT2D eigenvalue weighted by Crippen LogP contribution is 2.24. The Balaban J connectivity index is 2.58. The molecule has 1 unspecified atom stereocenters. The van der Waals surface area contributed by atoms with E-state index in [4.69, 9.17) is 10.3 Å². The molecule has 0 radical (unpaired) electrons. The monoisotopic (exact) mass is 258 g/mol. The third-order valence-corrected chi connectivity index (χ3v) is 2.42. The lowest BCUT2D eigenvalue weighted by Gasteiger charge is -2.12. The van der Waals surface area contributed by atoms with E-state index >= 15 is 0 Å². The first-order valence-electron chi connectivity index (χ1n) is 4.49. The summed E-state index contributed by atoms with van der Waals surface area (Å²) in [5.74, 6) is 6.29. The van der Waals surface area contributed by atoms with E-state index in [1.807, 2.05) is 19.1 Å². The molecule has 1 heterocycles. The van der Waals surface area contributed by atoms with E-state index in [0.29, 0.717) is 0 Å². The molecule has 1 rings (SSSR count). The van der Waals surface area contributed by atoms with Crippen molar-refractivity contribution >= 4 is 15.9 Å². The summed E-state index contributed by atoms with van der Waals surface area (Å²) in [6, 6.07) is 3.83. The van der Waals surface area contributed by atoms with Crippen LogP contribution >= 0.6 is 15.9 Å². The Morgan fingerprint density at radius 3 is 2.86 bits per heavy atom. The summed E-state index contributed by atoms with van der Waals surface area (Å²) >= 11 is 3.26. The van der Waals surface area contributed by atoms with E-state index in [0.717, 1.165) is 28.8 Å². The van der Waals surface area contributed by atoms with Crippen LogP contribution < -0.4 is 11.3 Å². The number of hydrogen-bond acceptors (Lipinski definition) is 3. The van der Waals surface area contributed by atoms with Crippen LogP contribution in [0, 0.1) is 0 Å². The quantitative estimate of drug-likeness (QED) is 0.485. The molecule has 0 saturated carbocycles. The SMILES string of the molecule is C=C(C)CCC(NN)c1ccc(Br)o1. The second kappa shape index (κ2) is 5.34. The second-order valence-corrected chi connectivity index (χ2v) is 4.14. The molecule has 0 aliphatic carbocycles. The molecule has 3 N–H and O–H groups in total. The van der Waals surface area contributed by atoms with Crippen molar-refractivity contribution in [1.82, 2.24) is 5.43 Å². The lowest BCUT2D eigenvalue weighted by Crippen LogP contribution is -2.27. The molecule has 4 heteroatoms. The zero-order valence-electron chi connectivity index (χ0n) is 8.22. The van der Waals surface area contributed by atoms with Crippen LogP contribution in [0.2, 0.25) is 0 Å². The van der Waals surface area contributed by atoms with Crippen LogP contribution in [0.1, 0.15) is 31.6 Å². The molecule has 1 aromatic heterocycles. The predicted molar refractivity (Wildman–Crippen MR) is 60.5 cm³/mol. The Morgan fingerprint density at radius 1 is 1.71 bits per heavy atom. The van der Waals surface area contributed by atoms with Crippen LogP contribution in [0.15, 0.2) is 33.4 Å². The molecule has 0 saturated heterocycles. The third kappa shape index (κ3) is 3.29. The number of rotatable bonds is 5. The first-order chi connectivity index (χ1) is 6.63. The van der Waals surface area contributed by atoms with Gasteiger partial charge in [0.15, 0.2) is 4.67 Å². The Hall–Kier alpha value is -0.580. The molecule has 0 fully saturated rings. The third-order valence-electron chi connectivity index (χ3n) is 2.00. The smallest absolute Gasteiger partial charge is 0.169 e. The van der Waals surface area contributed by atoms with Gasteiger partial charge < -0.3 is 4.42 Å². The van der Waals surface area contributed by atoms with Crippen molar-refractivity contribution in [1.29, 1.82) is 0 Å². The van der Waals surface area contributed by atoms with Crippen LogP contribution in [0.5, 0.6) is 0 Å². The number of halogens is 1. The standard InChI is InChI=1S/C10H15BrN2O/c1-7(2)3-4-8(13-12)9-5-6-10(11)14-9/h5-6,8,13H,1,3-4,12H2,2H3. The normalized spacial score (nSPS) is 12.8. The first-order valence-corrected chi connectivity index (χ1v) is 5.28. The summed E-state index contributed by atoms with van der Waals surface area (Å²) in [5, 5.41) is 0. The van der Waals surface area contributed by atoms with E-state index in [-0.39, 0.29) is 6.04 Å². The summed E-state index contributed by atoms with van der Waals surface area (Å²) in [4.78, 5) is 0. The topological polar surface area (TPSA) is 51.2 Å². The summed E-state index contributed by atoms with van der Waals surface area (Å²) in [7, 11) is 0. The van der Waals surface area contributed by atoms with Gasteiger partial charge in [-0.25, -0.2) is 5.43 Å². The van der Waals surface area contributed by atoms with E-state index in [2.05, 4.69) is 27.9 Å². The molecule has 3 nitrogen and oxygen atoms in total. The van der Waals surface area contributed by atoms with E-state index < -0.39 is 0 Å². The number of allylic oxidation sites excluding steroid dienone is 1. The molecule has 1 aromatic rings. The van der Waals surface area contributed by atoms with Crippen molar-refractivity contribution < 1.29 is 4.42 Å². The van der Waals surface area contributed by atoms with Gasteiger partial charge in [-0.3, -0.25) is 5.84 Å². The number of nitrogens with one attached hydrogen (secondary N) is 1. The minimum absolute atomic E-state index is 0.0537. The summed E-state index contributed by atoms with van der Waals surface area (Å²) < 4.78 is 6.14. The Labute approximate surface area is 92.5 Å². The van der Waals surface area contributed by atoms with Gasteiger partial charge in [0.1, 0.15) is 5.76 Å². The van der Waals surface area contributed by atoms with Crippen LogP contribution in [-0.4, -0.2) is 0 Å². The van der Waals surface area contributed by atoms with Gasteiger partial charge in [-0.15, -0.1) is 6.58 Å². The average molecular weight is 259 g/mol. The number of hydrogen-bond donors (Lipinski definition) is 2. The van der Waals surface area contributed by atoms with Crippen molar-refractivity contribution in [3.05, 3.63) is 34.7 Å². The summed E-state index contributed by atoms with van der Waals surface area (Å²) in [6.45, 7) is 5.86. The zero-order chi connectivity index (χ0) is 10.6. The maximum Gasteiger partial charge on any atom is 0.169 e. The molecule has 14 heavy (non-hydrogen) atoms. The van der Waals surface area contributed by atoms with Gasteiger partial charge in [0.05, 0.1) is 6.04 Å². The highest BCUT2D eigenvalue weighted by atomic mass is 79.9. The summed E-state index contributed by atoms with van der Waals surface area (Å²) in [6.07, 6.45) is 1.83. The van der Waals surface area contributed by atoms with Crippen molar-refractivity contribution in [2.75, 3.05) is 0 Å². The fourth-order valence-electron chi connectivity index (χ4n) is 1.21. The molecule has 0 bridgehead atoms. The van der Waals surface area contributed by atoms with Crippen LogP contribution in [-0.2, 0) is 0 Å². The molecule has 0 aromatic carbocycles. The van der Waals surface area contributed by atoms with E-state index in [9.17, 15) is 0 Å². The van der Waals surface area contributed by atoms with Gasteiger partial charge in [-0.2, -0.15) is 0 Å². The Bertz CT molecular complexity index is 309. The van der Waals surface area contributed by atoms with Gasteiger partial charge in [-0.05, 0) is 47.8 Å². The van der Waals surface area contributed by atoms with Gasteiger partial charge in [0.25, 0.3) is 0 Å². The van der Waals surface area contributed by atoms with Gasteiger partial charge in [-0.1, -0.05) is 5.57 Å². The van der Waals surface area contributed by atoms with Gasteiger partial charge >= 0.3 is 0 Å². The minimum atomic E-state index is 0.0537. The predicted octanol–water partition coefficient (Wildman–Crippen LogP) is 2.90. The first kappa shape index (κ1) is 11.5. The van der Waals surface area contributed by atoms with Crippen molar-refractivity contribution in [3.63, 3.8) is 0 Å². The maximum absolute atomic E-state index is 5.45. The minimum Gasteiger partial charge on any atom is -0.453 e. The Kier molecular flexibility index (Phi) is 4.38. The molecular formula is C10H15BrN2O. The molecule has 0 amide bonds. The maximum atomic E-state index is 5.45.